The van der Waals surface area contributed by atoms with Crippen LogP contribution in [0.3, 0.4) is 0 Å². The molecule has 2 nitrogen and oxygen atoms in total. The minimum absolute atomic E-state index is 0.112. The van der Waals surface area contributed by atoms with Gasteiger partial charge in [-0.3, -0.25) is 4.79 Å². The van der Waals surface area contributed by atoms with Crippen LogP contribution in [0, 0.1) is 12.7 Å². The smallest absolute Gasteiger partial charge is 0.200 e. The standard InChI is InChI=1S/C14H9FO2/c1-8-3-2-4-11-13(8)14(16)10-6-5-9(15)7-12(10)17-11/h2-7H,1H3. The highest BCUT2D eigenvalue weighted by Gasteiger charge is 2.09. The first-order valence-corrected chi connectivity index (χ1v) is 5.28. The molecule has 3 heteroatoms. The highest BCUT2D eigenvalue weighted by atomic mass is 19.1. The lowest BCUT2D eigenvalue weighted by Gasteiger charge is -2.03. The maximum atomic E-state index is 13.1. The number of rotatable bonds is 0. The summed E-state index contributed by atoms with van der Waals surface area (Å²) in [6.07, 6.45) is 0. The fourth-order valence-corrected chi connectivity index (χ4v) is 2.04. The minimum Gasteiger partial charge on any atom is -0.456 e. The Balaban J connectivity index is 2.62. The first-order valence-electron chi connectivity index (χ1n) is 5.28. The van der Waals surface area contributed by atoms with Crippen LogP contribution < -0.4 is 5.43 Å². The van der Waals surface area contributed by atoms with Gasteiger partial charge >= 0.3 is 0 Å². The number of hydrogen-bond donors (Lipinski definition) is 0. The molecule has 1 aromatic heterocycles. The predicted octanol–water partition coefficient (Wildman–Crippen LogP) is 3.39. The third kappa shape index (κ3) is 1.43. The molecule has 3 rings (SSSR count). The van der Waals surface area contributed by atoms with E-state index in [-0.39, 0.29) is 11.0 Å². The van der Waals surface area contributed by atoms with Crippen LogP contribution in [-0.4, -0.2) is 0 Å². The van der Waals surface area contributed by atoms with Crippen LogP contribution in [0.2, 0.25) is 0 Å². The molecule has 0 amide bonds. The Kier molecular flexibility index (Phi) is 2.01. The molecule has 0 radical (unpaired) electrons. The molecular formula is C14H9FO2. The summed E-state index contributed by atoms with van der Waals surface area (Å²) in [6.45, 7) is 1.86. The molecule has 84 valence electrons. The highest BCUT2D eigenvalue weighted by Crippen LogP contribution is 2.21. The van der Waals surface area contributed by atoms with Crippen LogP contribution >= 0.6 is 0 Å². The summed E-state index contributed by atoms with van der Waals surface area (Å²) in [5.41, 5.74) is 1.53. The van der Waals surface area contributed by atoms with E-state index in [1.807, 2.05) is 19.1 Å². The van der Waals surface area contributed by atoms with Gasteiger partial charge in [0.2, 0.25) is 5.43 Å². The molecule has 0 N–H and O–H groups in total. The molecule has 0 atom stereocenters. The van der Waals surface area contributed by atoms with Crippen molar-refractivity contribution in [3.05, 3.63) is 58.0 Å². The van der Waals surface area contributed by atoms with Gasteiger partial charge in [0, 0.05) is 6.07 Å². The predicted molar refractivity (Wildman–Crippen MR) is 64.7 cm³/mol. The van der Waals surface area contributed by atoms with E-state index < -0.39 is 5.82 Å². The van der Waals surface area contributed by atoms with Crippen molar-refractivity contribution in [3.8, 4) is 0 Å². The van der Waals surface area contributed by atoms with E-state index in [0.29, 0.717) is 16.4 Å². The summed E-state index contributed by atoms with van der Waals surface area (Å²) in [7, 11) is 0. The van der Waals surface area contributed by atoms with E-state index in [0.717, 1.165) is 5.56 Å². The Morgan fingerprint density at radius 2 is 1.94 bits per heavy atom. The molecule has 0 aliphatic carbocycles. The second kappa shape index (κ2) is 3.42. The van der Waals surface area contributed by atoms with Gasteiger partial charge in [-0.15, -0.1) is 0 Å². The van der Waals surface area contributed by atoms with Crippen LogP contribution in [0.15, 0.2) is 45.6 Å². The van der Waals surface area contributed by atoms with E-state index >= 15 is 0 Å². The number of aryl methyl sites for hydroxylation is 1. The van der Waals surface area contributed by atoms with Gasteiger partial charge in [0.25, 0.3) is 0 Å². The molecule has 0 unspecified atom stereocenters. The van der Waals surface area contributed by atoms with Crippen molar-refractivity contribution < 1.29 is 8.81 Å². The Morgan fingerprint density at radius 1 is 1.12 bits per heavy atom. The largest absolute Gasteiger partial charge is 0.456 e. The van der Waals surface area contributed by atoms with Crippen molar-refractivity contribution in [3.63, 3.8) is 0 Å². The van der Waals surface area contributed by atoms with E-state index in [2.05, 4.69) is 0 Å². The fraction of sp³-hybridized carbons (Fsp3) is 0.0714. The first kappa shape index (κ1) is 10.0. The lowest BCUT2D eigenvalue weighted by Crippen LogP contribution is -2.03. The van der Waals surface area contributed by atoms with E-state index in [9.17, 15) is 9.18 Å². The summed E-state index contributed by atoms with van der Waals surface area (Å²) >= 11 is 0. The van der Waals surface area contributed by atoms with Gasteiger partial charge in [0.05, 0.1) is 10.8 Å². The lowest BCUT2D eigenvalue weighted by atomic mass is 10.1. The second-order valence-corrected chi connectivity index (χ2v) is 4.02. The monoisotopic (exact) mass is 228 g/mol. The van der Waals surface area contributed by atoms with Crippen molar-refractivity contribution in [2.24, 2.45) is 0 Å². The zero-order chi connectivity index (χ0) is 12.0. The molecule has 0 bridgehead atoms. The Labute approximate surface area is 96.3 Å². The molecule has 3 aromatic rings. The zero-order valence-electron chi connectivity index (χ0n) is 9.16. The lowest BCUT2D eigenvalue weighted by molar-refractivity contribution is 0.615. The fourth-order valence-electron chi connectivity index (χ4n) is 2.04. The van der Waals surface area contributed by atoms with E-state index in [4.69, 9.17) is 4.42 Å². The summed E-state index contributed by atoms with van der Waals surface area (Å²) in [4.78, 5) is 12.2. The van der Waals surface area contributed by atoms with Gasteiger partial charge in [-0.05, 0) is 30.7 Å². The van der Waals surface area contributed by atoms with Crippen molar-refractivity contribution in [2.45, 2.75) is 6.92 Å². The van der Waals surface area contributed by atoms with Gasteiger partial charge < -0.3 is 4.42 Å². The Hall–Kier alpha value is -2.16. The Morgan fingerprint density at radius 3 is 2.76 bits per heavy atom. The van der Waals surface area contributed by atoms with Gasteiger partial charge in [-0.25, -0.2) is 4.39 Å². The molecule has 17 heavy (non-hydrogen) atoms. The summed E-state index contributed by atoms with van der Waals surface area (Å²) in [6, 6.07) is 9.35. The van der Waals surface area contributed by atoms with Crippen LogP contribution in [0.4, 0.5) is 4.39 Å². The second-order valence-electron chi connectivity index (χ2n) is 4.02. The van der Waals surface area contributed by atoms with E-state index in [1.165, 1.54) is 18.2 Å². The number of halogens is 1. The number of hydrogen-bond acceptors (Lipinski definition) is 2. The van der Waals surface area contributed by atoms with Crippen molar-refractivity contribution in [2.75, 3.05) is 0 Å². The SMILES string of the molecule is Cc1cccc2oc3cc(F)ccc3c(=O)c12. The Bertz CT molecular complexity index is 786. The molecule has 0 saturated carbocycles. The topological polar surface area (TPSA) is 30.2 Å². The first-order chi connectivity index (χ1) is 8.16. The molecule has 0 aliphatic rings. The maximum absolute atomic E-state index is 13.1. The maximum Gasteiger partial charge on any atom is 0.200 e. The molecular weight excluding hydrogens is 219 g/mol. The van der Waals surface area contributed by atoms with Crippen molar-refractivity contribution >= 4 is 21.9 Å². The highest BCUT2D eigenvalue weighted by molar-refractivity contribution is 5.91. The van der Waals surface area contributed by atoms with Gasteiger partial charge in [-0.1, -0.05) is 12.1 Å². The molecule has 1 heterocycles. The normalized spacial score (nSPS) is 11.2. The summed E-state index contributed by atoms with van der Waals surface area (Å²) in [5, 5.41) is 0.972. The zero-order valence-corrected chi connectivity index (χ0v) is 9.16. The number of benzene rings is 2. The van der Waals surface area contributed by atoms with Crippen LogP contribution in [-0.2, 0) is 0 Å². The van der Waals surface area contributed by atoms with E-state index in [1.54, 1.807) is 6.07 Å². The summed E-state index contributed by atoms with van der Waals surface area (Å²) in [5.74, 6) is -0.410. The average molecular weight is 228 g/mol. The van der Waals surface area contributed by atoms with Crippen molar-refractivity contribution in [1.82, 2.24) is 0 Å². The van der Waals surface area contributed by atoms with Gasteiger partial charge in [0.1, 0.15) is 17.0 Å². The third-order valence-corrected chi connectivity index (χ3v) is 2.87. The molecule has 0 spiro atoms. The molecule has 0 aliphatic heterocycles. The van der Waals surface area contributed by atoms with Crippen LogP contribution in [0.1, 0.15) is 5.56 Å². The third-order valence-electron chi connectivity index (χ3n) is 2.87. The van der Waals surface area contributed by atoms with Gasteiger partial charge in [-0.2, -0.15) is 0 Å². The quantitative estimate of drug-likeness (QED) is 0.552. The number of fused-ring (bicyclic) bond motifs is 2. The molecule has 0 saturated heterocycles. The average Bonchev–Trinajstić information content (AvgIpc) is 2.28. The molecule has 0 fully saturated rings. The van der Waals surface area contributed by atoms with Crippen molar-refractivity contribution in [1.29, 1.82) is 0 Å². The van der Waals surface area contributed by atoms with Gasteiger partial charge in [0.15, 0.2) is 0 Å². The summed E-state index contributed by atoms with van der Waals surface area (Å²) < 4.78 is 18.6. The van der Waals surface area contributed by atoms with Crippen LogP contribution in [0.5, 0.6) is 0 Å². The van der Waals surface area contributed by atoms with Crippen LogP contribution in [0.25, 0.3) is 21.9 Å². The minimum atomic E-state index is -0.410. The molecule has 2 aromatic carbocycles.